The van der Waals surface area contributed by atoms with E-state index in [2.05, 4.69) is 20.3 Å². The Labute approximate surface area is 155 Å². The standard InChI is InChI=1S/C19H18FN5O2/c1-12-9-15(10-21-23-12)19(26)25-8-2-3-14(11-25)18-22-17(24-27-18)13-4-6-16(20)7-5-13/h4-7,9-10,14H,2-3,8,11H2,1H3/t14-/m0/s1. The van der Waals surface area contributed by atoms with Crippen LogP contribution in [0.15, 0.2) is 41.1 Å². The Hall–Kier alpha value is -3.16. The average molecular weight is 367 g/mol. The molecule has 27 heavy (non-hydrogen) atoms. The third-order valence-electron chi connectivity index (χ3n) is 4.63. The Kier molecular flexibility index (Phi) is 4.62. The fourth-order valence-electron chi connectivity index (χ4n) is 3.25. The number of piperidine rings is 1. The van der Waals surface area contributed by atoms with Crippen LogP contribution in [0.4, 0.5) is 4.39 Å². The van der Waals surface area contributed by atoms with Gasteiger partial charge in [-0.25, -0.2) is 4.39 Å². The van der Waals surface area contributed by atoms with Crippen molar-refractivity contribution in [2.24, 2.45) is 0 Å². The molecule has 1 amide bonds. The molecule has 3 heterocycles. The van der Waals surface area contributed by atoms with Gasteiger partial charge in [-0.15, -0.1) is 0 Å². The maximum atomic E-state index is 13.1. The molecule has 0 saturated carbocycles. The summed E-state index contributed by atoms with van der Waals surface area (Å²) in [5.41, 5.74) is 1.92. The molecule has 1 aliphatic heterocycles. The van der Waals surface area contributed by atoms with Crippen molar-refractivity contribution in [2.75, 3.05) is 13.1 Å². The lowest BCUT2D eigenvalue weighted by Crippen LogP contribution is -2.39. The number of amides is 1. The minimum atomic E-state index is -0.315. The molecule has 138 valence electrons. The first-order valence-corrected chi connectivity index (χ1v) is 8.78. The van der Waals surface area contributed by atoms with Gasteiger partial charge in [0.05, 0.1) is 23.4 Å². The Morgan fingerprint density at radius 1 is 1.30 bits per heavy atom. The summed E-state index contributed by atoms with van der Waals surface area (Å²) in [5.74, 6) is 0.499. The van der Waals surface area contributed by atoms with Gasteiger partial charge < -0.3 is 9.42 Å². The van der Waals surface area contributed by atoms with Crippen LogP contribution in [0.2, 0.25) is 0 Å². The first kappa shape index (κ1) is 17.3. The maximum Gasteiger partial charge on any atom is 0.255 e. The number of likely N-dealkylation sites (tertiary alicyclic amines) is 1. The van der Waals surface area contributed by atoms with Gasteiger partial charge in [0.1, 0.15) is 5.82 Å². The van der Waals surface area contributed by atoms with Crippen molar-refractivity contribution in [2.45, 2.75) is 25.7 Å². The third-order valence-corrected chi connectivity index (χ3v) is 4.63. The van der Waals surface area contributed by atoms with Gasteiger partial charge in [0, 0.05) is 18.7 Å². The van der Waals surface area contributed by atoms with E-state index in [1.54, 1.807) is 30.0 Å². The molecule has 0 bridgehead atoms. The highest BCUT2D eigenvalue weighted by Gasteiger charge is 2.29. The van der Waals surface area contributed by atoms with Gasteiger partial charge in [-0.2, -0.15) is 15.2 Å². The van der Waals surface area contributed by atoms with Crippen molar-refractivity contribution < 1.29 is 13.7 Å². The van der Waals surface area contributed by atoms with Gasteiger partial charge in [0.25, 0.3) is 5.91 Å². The zero-order valence-corrected chi connectivity index (χ0v) is 14.8. The van der Waals surface area contributed by atoms with Crippen LogP contribution in [-0.2, 0) is 0 Å². The van der Waals surface area contributed by atoms with Gasteiger partial charge in [0.2, 0.25) is 11.7 Å². The summed E-state index contributed by atoms with van der Waals surface area (Å²) in [6, 6.07) is 7.67. The van der Waals surface area contributed by atoms with Crippen molar-refractivity contribution >= 4 is 5.91 Å². The Balaban J connectivity index is 1.50. The Morgan fingerprint density at radius 3 is 2.89 bits per heavy atom. The number of nitrogens with zero attached hydrogens (tertiary/aromatic N) is 5. The summed E-state index contributed by atoms with van der Waals surface area (Å²) in [6.07, 6.45) is 3.20. The average Bonchev–Trinajstić information content (AvgIpc) is 3.18. The molecule has 4 rings (SSSR count). The first-order chi connectivity index (χ1) is 13.1. The summed E-state index contributed by atoms with van der Waals surface area (Å²) in [5, 5.41) is 11.7. The highest BCUT2D eigenvalue weighted by molar-refractivity contribution is 5.94. The molecule has 0 unspecified atom stereocenters. The van der Waals surface area contributed by atoms with Crippen molar-refractivity contribution in [3.8, 4) is 11.4 Å². The molecule has 1 atom stereocenters. The summed E-state index contributed by atoms with van der Waals surface area (Å²) < 4.78 is 18.5. The molecule has 1 fully saturated rings. The second-order valence-electron chi connectivity index (χ2n) is 6.64. The molecule has 3 aromatic rings. The Morgan fingerprint density at radius 2 is 2.11 bits per heavy atom. The summed E-state index contributed by atoms with van der Waals surface area (Å²) >= 11 is 0. The van der Waals surface area contributed by atoms with Gasteiger partial charge in [-0.3, -0.25) is 4.79 Å². The molecule has 7 nitrogen and oxygen atoms in total. The first-order valence-electron chi connectivity index (χ1n) is 8.78. The van der Waals surface area contributed by atoms with Crippen LogP contribution in [0, 0.1) is 12.7 Å². The fourth-order valence-corrected chi connectivity index (χ4v) is 3.25. The predicted octanol–water partition coefficient (Wildman–Crippen LogP) is 2.99. The molecule has 0 N–H and O–H groups in total. The van der Waals surface area contributed by atoms with Crippen LogP contribution >= 0.6 is 0 Å². The number of carbonyl (C=O) groups is 1. The summed E-state index contributed by atoms with van der Waals surface area (Å²) in [7, 11) is 0. The van der Waals surface area contributed by atoms with E-state index in [0.29, 0.717) is 41.6 Å². The zero-order valence-electron chi connectivity index (χ0n) is 14.8. The monoisotopic (exact) mass is 367 g/mol. The third kappa shape index (κ3) is 3.69. The lowest BCUT2D eigenvalue weighted by molar-refractivity contribution is 0.0695. The van der Waals surface area contributed by atoms with Crippen molar-refractivity contribution in [1.82, 2.24) is 25.2 Å². The summed E-state index contributed by atoms with van der Waals surface area (Å²) in [4.78, 5) is 19.0. The second kappa shape index (κ2) is 7.22. The van der Waals surface area contributed by atoms with E-state index in [4.69, 9.17) is 4.52 Å². The largest absolute Gasteiger partial charge is 0.339 e. The number of aromatic nitrogens is 4. The number of hydrogen-bond acceptors (Lipinski definition) is 6. The fraction of sp³-hybridized carbons (Fsp3) is 0.316. The number of halogens is 1. The highest BCUT2D eigenvalue weighted by Crippen LogP contribution is 2.28. The summed E-state index contributed by atoms with van der Waals surface area (Å²) in [6.45, 7) is 2.99. The molecule has 8 heteroatoms. The van der Waals surface area contributed by atoms with E-state index in [9.17, 15) is 9.18 Å². The molecule has 2 aromatic heterocycles. The van der Waals surface area contributed by atoms with E-state index in [0.717, 1.165) is 12.8 Å². The van der Waals surface area contributed by atoms with Crippen LogP contribution in [0.5, 0.6) is 0 Å². The number of hydrogen-bond donors (Lipinski definition) is 0. The van der Waals surface area contributed by atoms with E-state index in [-0.39, 0.29) is 17.6 Å². The van der Waals surface area contributed by atoms with Gasteiger partial charge in [-0.1, -0.05) is 5.16 Å². The molecule has 0 spiro atoms. The van der Waals surface area contributed by atoms with Crippen LogP contribution in [0.25, 0.3) is 11.4 Å². The molecule has 1 aromatic carbocycles. The smallest absolute Gasteiger partial charge is 0.255 e. The van der Waals surface area contributed by atoms with Crippen LogP contribution in [0.1, 0.15) is 40.7 Å². The predicted molar refractivity (Wildman–Crippen MR) is 94.3 cm³/mol. The number of aryl methyl sites for hydroxylation is 1. The van der Waals surface area contributed by atoms with E-state index < -0.39 is 0 Å². The Bertz CT molecular complexity index is 957. The van der Waals surface area contributed by atoms with E-state index in [1.807, 2.05) is 0 Å². The number of benzene rings is 1. The molecular weight excluding hydrogens is 349 g/mol. The maximum absolute atomic E-state index is 13.1. The van der Waals surface area contributed by atoms with Crippen LogP contribution < -0.4 is 0 Å². The van der Waals surface area contributed by atoms with Gasteiger partial charge >= 0.3 is 0 Å². The normalized spacial score (nSPS) is 17.1. The minimum Gasteiger partial charge on any atom is -0.339 e. The molecule has 1 saturated heterocycles. The topological polar surface area (TPSA) is 85.0 Å². The number of carbonyl (C=O) groups excluding carboxylic acids is 1. The lowest BCUT2D eigenvalue weighted by atomic mass is 9.97. The molecule has 0 radical (unpaired) electrons. The second-order valence-corrected chi connectivity index (χ2v) is 6.64. The minimum absolute atomic E-state index is 0.0275. The van der Waals surface area contributed by atoms with Crippen molar-refractivity contribution in [3.05, 3.63) is 59.5 Å². The molecule has 0 aliphatic carbocycles. The van der Waals surface area contributed by atoms with Crippen LogP contribution in [0.3, 0.4) is 0 Å². The lowest BCUT2D eigenvalue weighted by Gasteiger charge is -2.31. The van der Waals surface area contributed by atoms with Gasteiger partial charge in [0.15, 0.2) is 0 Å². The SMILES string of the molecule is Cc1cc(C(=O)N2CCC[C@H](c3nc(-c4ccc(F)cc4)no3)C2)cnn1. The van der Waals surface area contributed by atoms with Gasteiger partial charge in [-0.05, 0) is 50.1 Å². The van der Waals surface area contributed by atoms with E-state index >= 15 is 0 Å². The van der Waals surface area contributed by atoms with Crippen molar-refractivity contribution in [1.29, 1.82) is 0 Å². The number of rotatable bonds is 3. The highest BCUT2D eigenvalue weighted by atomic mass is 19.1. The zero-order chi connectivity index (χ0) is 18.8. The van der Waals surface area contributed by atoms with E-state index in [1.165, 1.54) is 18.3 Å². The van der Waals surface area contributed by atoms with Crippen molar-refractivity contribution in [3.63, 3.8) is 0 Å². The molecule has 1 aliphatic rings. The van der Waals surface area contributed by atoms with Crippen LogP contribution in [-0.4, -0.2) is 44.2 Å². The molecular formula is C19H18FN5O2. The quantitative estimate of drug-likeness (QED) is 0.707.